The van der Waals surface area contributed by atoms with E-state index in [2.05, 4.69) is 6.58 Å². The maximum atomic E-state index is 12.8. The van der Waals surface area contributed by atoms with Crippen molar-refractivity contribution in [2.45, 2.75) is 77.8 Å². The minimum atomic E-state index is -1.03. The van der Waals surface area contributed by atoms with Crippen molar-refractivity contribution in [1.29, 1.82) is 0 Å². The van der Waals surface area contributed by atoms with Crippen LogP contribution in [0.1, 0.15) is 53.4 Å². The third kappa shape index (κ3) is 3.05. The number of aliphatic hydroxyl groups is 3. The molecule has 3 aliphatic carbocycles. The first-order valence-corrected chi connectivity index (χ1v) is 10.5. The van der Waals surface area contributed by atoms with Gasteiger partial charge < -0.3 is 24.8 Å². The Kier molecular flexibility index (Phi) is 5.72. The van der Waals surface area contributed by atoms with Crippen molar-refractivity contribution < 1.29 is 34.4 Å². The van der Waals surface area contributed by atoms with Gasteiger partial charge in [-0.25, -0.2) is 0 Å². The summed E-state index contributed by atoms with van der Waals surface area (Å²) in [5.41, 5.74) is -1.80. The van der Waals surface area contributed by atoms with E-state index in [1.165, 1.54) is 14.0 Å². The number of methoxy groups -OCH3 is 1. The molecule has 3 aliphatic rings. The van der Waals surface area contributed by atoms with Gasteiger partial charge in [-0.15, -0.1) is 6.58 Å². The van der Waals surface area contributed by atoms with Crippen LogP contribution in [0.3, 0.4) is 0 Å². The standard InChI is InChI=1S/C23H34O7/c1-7-21(3)11-13(25)18-17(19(21)27)14(30-12(2)24)10-15-22(4,20(28)29-6)9-8-16(26)23(15,18)5/h7,13-16,19,25-27H,1,8-11H2,2-6H3/t13-,14-,15-,16+,19-,21+,22-,23-/m1/s1. The van der Waals surface area contributed by atoms with E-state index < -0.39 is 58.5 Å². The van der Waals surface area contributed by atoms with Gasteiger partial charge in [-0.05, 0) is 44.1 Å². The highest BCUT2D eigenvalue weighted by atomic mass is 16.5. The number of fused-ring (bicyclic) bond motifs is 2. The highest BCUT2D eigenvalue weighted by molar-refractivity contribution is 5.77. The lowest BCUT2D eigenvalue weighted by Crippen LogP contribution is -2.63. The van der Waals surface area contributed by atoms with Crippen LogP contribution in [-0.2, 0) is 19.1 Å². The van der Waals surface area contributed by atoms with Crippen LogP contribution in [0.4, 0.5) is 0 Å². The Morgan fingerprint density at radius 1 is 1.20 bits per heavy atom. The lowest BCUT2D eigenvalue weighted by molar-refractivity contribution is -0.179. The fraction of sp³-hybridized carbons (Fsp3) is 0.739. The molecule has 3 N–H and O–H groups in total. The van der Waals surface area contributed by atoms with Crippen LogP contribution in [0.5, 0.6) is 0 Å². The van der Waals surface area contributed by atoms with Crippen molar-refractivity contribution in [1.82, 2.24) is 0 Å². The number of carbonyl (C=O) groups is 2. The fourth-order valence-corrected chi connectivity index (χ4v) is 6.35. The van der Waals surface area contributed by atoms with Gasteiger partial charge in [-0.3, -0.25) is 9.59 Å². The Hall–Kier alpha value is -1.70. The van der Waals surface area contributed by atoms with E-state index in [0.717, 1.165) is 0 Å². The molecule has 1 fully saturated rings. The van der Waals surface area contributed by atoms with Crippen molar-refractivity contribution in [3.8, 4) is 0 Å². The normalized spacial score (nSPS) is 45.8. The van der Waals surface area contributed by atoms with Crippen LogP contribution >= 0.6 is 0 Å². The van der Waals surface area contributed by atoms with E-state index in [-0.39, 0.29) is 12.8 Å². The zero-order chi connectivity index (χ0) is 22.6. The first-order chi connectivity index (χ1) is 13.9. The Bertz CT molecular complexity index is 788. The molecule has 0 aromatic rings. The van der Waals surface area contributed by atoms with Gasteiger partial charge in [0.05, 0.1) is 30.8 Å². The average Bonchev–Trinajstić information content (AvgIpc) is 2.68. The molecule has 0 aliphatic heterocycles. The molecule has 0 bridgehead atoms. The molecular weight excluding hydrogens is 388 g/mol. The molecule has 1 saturated carbocycles. The number of ether oxygens (including phenoxy) is 2. The molecule has 8 atom stereocenters. The minimum Gasteiger partial charge on any atom is -0.469 e. The summed E-state index contributed by atoms with van der Waals surface area (Å²) in [6.45, 7) is 10.6. The van der Waals surface area contributed by atoms with Crippen molar-refractivity contribution >= 4 is 11.9 Å². The quantitative estimate of drug-likeness (QED) is 0.470. The monoisotopic (exact) mass is 422 g/mol. The van der Waals surface area contributed by atoms with Crippen LogP contribution in [0.2, 0.25) is 0 Å². The SMILES string of the molecule is C=C[C@@]1(C)C[C@@H](O)C2=C([C@H]1O)[C@H](OC(C)=O)C[C@H]1[C@]2(C)[C@@H](O)CC[C@@]1(C)C(=O)OC. The molecule has 0 amide bonds. The lowest BCUT2D eigenvalue weighted by Gasteiger charge is -2.61. The molecule has 7 nitrogen and oxygen atoms in total. The van der Waals surface area contributed by atoms with Gasteiger partial charge in [0.2, 0.25) is 0 Å². The van der Waals surface area contributed by atoms with Crippen molar-refractivity contribution in [2.75, 3.05) is 7.11 Å². The lowest BCUT2D eigenvalue weighted by atomic mass is 9.45. The van der Waals surface area contributed by atoms with E-state index in [0.29, 0.717) is 24.0 Å². The molecule has 0 unspecified atom stereocenters. The van der Waals surface area contributed by atoms with Crippen molar-refractivity contribution in [3.63, 3.8) is 0 Å². The summed E-state index contributed by atoms with van der Waals surface area (Å²) >= 11 is 0. The van der Waals surface area contributed by atoms with Gasteiger partial charge in [-0.2, -0.15) is 0 Å². The summed E-state index contributed by atoms with van der Waals surface area (Å²) < 4.78 is 10.7. The molecular formula is C23H34O7. The van der Waals surface area contributed by atoms with Crippen LogP contribution in [0.15, 0.2) is 23.8 Å². The average molecular weight is 423 g/mol. The smallest absolute Gasteiger partial charge is 0.311 e. The number of carbonyl (C=O) groups excluding carboxylic acids is 2. The van der Waals surface area contributed by atoms with E-state index in [9.17, 15) is 24.9 Å². The third-order valence-electron chi connectivity index (χ3n) is 8.12. The zero-order valence-electron chi connectivity index (χ0n) is 18.5. The second-order valence-electron chi connectivity index (χ2n) is 9.83. The molecule has 0 radical (unpaired) electrons. The van der Waals surface area contributed by atoms with E-state index in [4.69, 9.17) is 9.47 Å². The van der Waals surface area contributed by atoms with Gasteiger partial charge >= 0.3 is 11.9 Å². The largest absolute Gasteiger partial charge is 0.469 e. The number of hydrogen-bond acceptors (Lipinski definition) is 7. The van der Waals surface area contributed by atoms with Crippen LogP contribution in [0.25, 0.3) is 0 Å². The highest BCUT2D eigenvalue weighted by Gasteiger charge is 2.65. The van der Waals surface area contributed by atoms with Crippen LogP contribution in [-0.4, -0.2) is 58.8 Å². The molecule has 0 aromatic carbocycles. The predicted octanol–water partition coefficient (Wildman–Crippen LogP) is 1.89. The summed E-state index contributed by atoms with van der Waals surface area (Å²) in [6.07, 6.45) is -0.801. The second-order valence-corrected chi connectivity index (χ2v) is 9.83. The number of esters is 2. The molecule has 0 saturated heterocycles. The van der Waals surface area contributed by atoms with Crippen molar-refractivity contribution in [3.05, 3.63) is 23.8 Å². The predicted molar refractivity (Wildman–Crippen MR) is 109 cm³/mol. The Morgan fingerprint density at radius 2 is 1.83 bits per heavy atom. The maximum Gasteiger partial charge on any atom is 0.311 e. The summed E-state index contributed by atoms with van der Waals surface area (Å²) in [7, 11) is 1.34. The molecule has 7 heteroatoms. The Labute approximate surface area is 177 Å². The molecule has 168 valence electrons. The molecule has 30 heavy (non-hydrogen) atoms. The van der Waals surface area contributed by atoms with Gasteiger partial charge in [0.25, 0.3) is 0 Å². The Balaban J connectivity index is 2.28. The number of aliphatic hydroxyl groups excluding tert-OH is 3. The van der Waals surface area contributed by atoms with Gasteiger partial charge in [-0.1, -0.05) is 19.9 Å². The maximum absolute atomic E-state index is 12.8. The topological polar surface area (TPSA) is 113 Å². The number of rotatable bonds is 3. The summed E-state index contributed by atoms with van der Waals surface area (Å²) in [5, 5.41) is 33.7. The van der Waals surface area contributed by atoms with Gasteiger partial charge in [0, 0.05) is 23.3 Å². The Morgan fingerprint density at radius 3 is 2.37 bits per heavy atom. The third-order valence-corrected chi connectivity index (χ3v) is 8.12. The highest BCUT2D eigenvalue weighted by Crippen LogP contribution is 2.63. The summed E-state index contributed by atoms with van der Waals surface area (Å²) in [4.78, 5) is 24.7. The first kappa shape index (κ1) is 23.0. The van der Waals surface area contributed by atoms with Crippen LogP contribution in [0, 0.1) is 22.2 Å². The van der Waals surface area contributed by atoms with E-state index >= 15 is 0 Å². The van der Waals surface area contributed by atoms with Gasteiger partial charge in [0.1, 0.15) is 6.10 Å². The first-order valence-electron chi connectivity index (χ1n) is 10.5. The molecule has 0 aromatic heterocycles. The zero-order valence-corrected chi connectivity index (χ0v) is 18.5. The minimum absolute atomic E-state index is 0.216. The molecule has 3 rings (SSSR count). The summed E-state index contributed by atoms with van der Waals surface area (Å²) in [5.74, 6) is -1.35. The second kappa shape index (κ2) is 7.46. The van der Waals surface area contributed by atoms with E-state index in [1.54, 1.807) is 13.0 Å². The fourth-order valence-electron chi connectivity index (χ4n) is 6.35. The number of hydrogen-bond donors (Lipinski definition) is 3. The van der Waals surface area contributed by atoms with E-state index in [1.807, 2.05) is 13.8 Å². The molecule has 0 spiro atoms. The van der Waals surface area contributed by atoms with Gasteiger partial charge in [0.15, 0.2) is 0 Å². The van der Waals surface area contributed by atoms with Crippen molar-refractivity contribution in [2.24, 2.45) is 22.2 Å². The van der Waals surface area contributed by atoms with Crippen LogP contribution < -0.4 is 0 Å². The summed E-state index contributed by atoms with van der Waals surface area (Å²) in [6, 6.07) is 0. The molecule has 0 heterocycles.